The number of anilines is 1. The summed E-state index contributed by atoms with van der Waals surface area (Å²) in [7, 11) is 0. The molecule has 28 heavy (non-hydrogen) atoms. The molecule has 0 fully saturated rings. The van der Waals surface area contributed by atoms with Crippen molar-refractivity contribution in [1.82, 2.24) is 0 Å². The first kappa shape index (κ1) is 20.0. The average molecular weight is 418 g/mol. The van der Waals surface area contributed by atoms with E-state index < -0.39 is 17.7 Å². The number of benzene rings is 2. The Morgan fingerprint density at radius 1 is 1.11 bits per heavy atom. The topological polar surface area (TPSA) is 55.4 Å². The summed E-state index contributed by atoms with van der Waals surface area (Å²) in [6, 6.07) is 12.3. The van der Waals surface area contributed by atoms with Crippen LogP contribution < -0.4 is 5.32 Å². The molecule has 0 saturated carbocycles. The Morgan fingerprint density at radius 2 is 1.75 bits per heavy atom. The Bertz CT molecular complexity index is 1010. The number of esters is 1. The van der Waals surface area contributed by atoms with Crippen molar-refractivity contribution in [3.8, 4) is 11.1 Å². The van der Waals surface area contributed by atoms with Gasteiger partial charge in [-0.15, -0.1) is 11.3 Å². The fourth-order valence-corrected chi connectivity index (χ4v) is 3.96. The van der Waals surface area contributed by atoms with E-state index in [9.17, 15) is 14.0 Å². The molecule has 0 spiro atoms. The van der Waals surface area contributed by atoms with Crippen LogP contribution in [0.5, 0.6) is 0 Å². The fourth-order valence-electron chi connectivity index (χ4n) is 2.77. The predicted molar refractivity (Wildman–Crippen MR) is 110 cm³/mol. The van der Waals surface area contributed by atoms with Gasteiger partial charge < -0.3 is 10.1 Å². The van der Waals surface area contributed by atoms with Crippen LogP contribution in [0, 0.1) is 12.7 Å². The second-order valence-corrected chi connectivity index (χ2v) is 7.59. The van der Waals surface area contributed by atoms with Crippen LogP contribution in [0.4, 0.5) is 9.39 Å². The summed E-state index contributed by atoms with van der Waals surface area (Å²) in [6.07, 6.45) is 0. The van der Waals surface area contributed by atoms with Gasteiger partial charge in [0.2, 0.25) is 0 Å². The molecule has 4 nitrogen and oxygen atoms in total. The zero-order valence-electron chi connectivity index (χ0n) is 15.2. The highest BCUT2D eigenvalue weighted by molar-refractivity contribution is 7.17. The zero-order valence-corrected chi connectivity index (χ0v) is 16.8. The monoisotopic (exact) mass is 417 g/mol. The molecule has 0 radical (unpaired) electrons. The summed E-state index contributed by atoms with van der Waals surface area (Å²) in [5.41, 5.74) is 2.07. The third kappa shape index (κ3) is 4.24. The number of thiophene rings is 1. The lowest BCUT2D eigenvalue weighted by Gasteiger charge is -2.09. The summed E-state index contributed by atoms with van der Waals surface area (Å²) >= 11 is 7.25. The zero-order chi connectivity index (χ0) is 20.3. The number of carbonyl (C=O) groups excluding carboxylic acids is 2. The van der Waals surface area contributed by atoms with E-state index in [0.29, 0.717) is 21.2 Å². The molecule has 0 aliphatic heterocycles. The predicted octanol–water partition coefficient (Wildman–Crippen LogP) is 5.95. The number of hydrogen-bond acceptors (Lipinski definition) is 4. The summed E-state index contributed by atoms with van der Waals surface area (Å²) in [5.74, 6) is -1.39. The summed E-state index contributed by atoms with van der Waals surface area (Å²) in [4.78, 5) is 26.1. The van der Waals surface area contributed by atoms with Crippen LogP contribution in [-0.2, 0) is 4.74 Å². The smallest absolute Gasteiger partial charge is 0.341 e. The van der Waals surface area contributed by atoms with Crippen molar-refractivity contribution in [2.24, 2.45) is 0 Å². The molecule has 0 unspecified atom stereocenters. The van der Waals surface area contributed by atoms with Crippen molar-refractivity contribution >= 4 is 39.8 Å². The summed E-state index contributed by atoms with van der Waals surface area (Å²) < 4.78 is 18.3. The van der Waals surface area contributed by atoms with Gasteiger partial charge in [-0.05, 0) is 55.8 Å². The second-order valence-electron chi connectivity index (χ2n) is 5.93. The number of halogens is 2. The van der Waals surface area contributed by atoms with Crippen LogP contribution >= 0.6 is 22.9 Å². The number of carbonyl (C=O) groups is 2. The van der Waals surface area contributed by atoms with E-state index in [1.54, 1.807) is 19.1 Å². The molecule has 2 aromatic carbocycles. The molecule has 0 aliphatic rings. The minimum atomic E-state index is -0.522. The highest BCUT2D eigenvalue weighted by Gasteiger charge is 2.25. The van der Waals surface area contributed by atoms with Gasteiger partial charge in [-0.3, -0.25) is 4.79 Å². The lowest BCUT2D eigenvalue weighted by molar-refractivity contribution is 0.0529. The van der Waals surface area contributed by atoms with Crippen molar-refractivity contribution in [1.29, 1.82) is 0 Å². The van der Waals surface area contributed by atoms with Crippen LogP contribution in [0.25, 0.3) is 11.1 Å². The van der Waals surface area contributed by atoms with Gasteiger partial charge in [0.1, 0.15) is 16.4 Å². The van der Waals surface area contributed by atoms with Gasteiger partial charge in [-0.25, -0.2) is 9.18 Å². The molecule has 0 saturated heterocycles. The maximum atomic E-state index is 13.1. The van der Waals surface area contributed by atoms with Crippen LogP contribution in [0.15, 0.2) is 48.5 Å². The Labute approximate surface area is 170 Å². The first-order chi connectivity index (χ1) is 13.4. The highest BCUT2D eigenvalue weighted by atomic mass is 35.5. The molecule has 1 N–H and O–H groups in total. The largest absolute Gasteiger partial charge is 0.462 e. The molecule has 0 bridgehead atoms. The van der Waals surface area contributed by atoms with E-state index in [4.69, 9.17) is 16.3 Å². The Morgan fingerprint density at radius 3 is 2.36 bits per heavy atom. The van der Waals surface area contributed by atoms with Gasteiger partial charge >= 0.3 is 5.97 Å². The number of hydrogen-bond donors (Lipinski definition) is 1. The molecular formula is C21H17ClFNO3S. The van der Waals surface area contributed by atoms with Crippen LogP contribution in [0.3, 0.4) is 0 Å². The summed E-state index contributed by atoms with van der Waals surface area (Å²) in [6.45, 7) is 3.79. The lowest BCUT2D eigenvalue weighted by atomic mass is 10.0. The van der Waals surface area contributed by atoms with E-state index >= 15 is 0 Å². The highest BCUT2D eigenvalue weighted by Crippen LogP contribution is 2.40. The third-order valence-electron chi connectivity index (χ3n) is 4.03. The van der Waals surface area contributed by atoms with E-state index in [-0.39, 0.29) is 12.2 Å². The molecule has 144 valence electrons. The molecule has 1 aromatic heterocycles. The SMILES string of the molecule is CCOC(=O)c1c(NC(=O)c2ccc(F)cc2)sc(C)c1-c1ccc(Cl)cc1. The maximum absolute atomic E-state index is 13.1. The number of nitrogens with one attached hydrogen (secondary N) is 1. The molecule has 3 aromatic rings. The molecule has 0 aliphatic carbocycles. The summed E-state index contributed by atoms with van der Waals surface area (Å²) in [5, 5.41) is 3.73. The number of aryl methyl sites for hydroxylation is 1. The van der Waals surface area contributed by atoms with Crippen LogP contribution in [0.2, 0.25) is 5.02 Å². The lowest BCUT2D eigenvalue weighted by Crippen LogP contribution is -2.14. The molecule has 3 rings (SSSR count). The standard InChI is InChI=1S/C21H17ClFNO3S/c1-3-27-21(26)18-17(13-4-8-15(22)9-5-13)12(2)28-20(18)24-19(25)14-6-10-16(23)11-7-14/h4-11H,3H2,1-2H3,(H,24,25). The maximum Gasteiger partial charge on any atom is 0.341 e. The average Bonchev–Trinajstić information content (AvgIpc) is 2.99. The van der Waals surface area contributed by atoms with E-state index in [1.165, 1.54) is 35.6 Å². The van der Waals surface area contributed by atoms with E-state index in [1.807, 2.05) is 19.1 Å². The van der Waals surface area contributed by atoms with Gasteiger partial charge in [-0.2, -0.15) is 0 Å². The third-order valence-corrected chi connectivity index (χ3v) is 5.30. The fraction of sp³-hybridized carbons (Fsp3) is 0.143. The second kappa shape index (κ2) is 8.54. The number of amides is 1. The van der Waals surface area contributed by atoms with Crippen molar-refractivity contribution < 1.29 is 18.7 Å². The normalized spacial score (nSPS) is 10.6. The number of ether oxygens (including phenoxy) is 1. The van der Waals surface area contributed by atoms with Gasteiger partial charge in [0.15, 0.2) is 0 Å². The van der Waals surface area contributed by atoms with Crippen LogP contribution in [0.1, 0.15) is 32.5 Å². The van der Waals surface area contributed by atoms with Crippen molar-refractivity contribution in [2.75, 3.05) is 11.9 Å². The molecule has 1 heterocycles. The number of rotatable bonds is 5. The Balaban J connectivity index is 2.04. The van der Waals surface area contributed by atoms with E-state index in [2.05, 4.69) is 5.32 Å². The van der Waals surface area contributed by atoms with Crippen molar-refractivity contribution in [3.05, 3.63) is 75.4 Å². The van der Waals surface area contributed by atoms with E-state index in [0.717, 1.165) is 10.4 Å². The Kier molecular flexibility index (Phi) is 6.11. The van der Waals surface area contributed by atoms with Gasteiger partial charge in [0.25, 0.3) is 5.91 Å². The van der Waals surface area contributed by atoms with Crippen LogP contribution in [-0.4, -0.2) is 18.5 Å². The Hall–Kier alpha value is -2.70. The minimum absolute atomic E-state index is 0.207. The van der Waals surface area contributed by atoms with Gasteiger partial charge in [0, 0.05) is 21.0 Å². The van der Waals surface area contributed by atoms with Gasteiger partial charge in [-0.1, -0.05) is 23.7 Å². The van der Waals surface area contributed by atoms with Crippen molar-refractivity contribution in [2.45, 2.75) is 13.8 Å². The van der Waals surface area contributed by atoms with Crippen molar-refractivity contribution in [3.63, 3.8) is 0 Å². The molecule has 7 heteroatoms. The quantitative estimate of drug-likeness (QED) is 0.522. The first-order valence-electron chi connectivity index (χ1n) is 8.54. The first-order valence-corrected chi connectivity index (χ1v) is 9.73. The van der Waals surface area contributed by atoms with Gasteiger partial charge in [0.05, 0.1) is 6.61 Å². The molecular weight excluding hydrogens is 401 g/mol. The molecule has 1 amide bonds. The minimum Gasteiger partial charge on any atom is -0.462 e. The molecule has 0 atom stereocenters.